The lowest BCUT2D eigenvalue weighted by atomic mass is 10.2. The van der Waals surface area contributed by atoms with Gasteiger partial charge in [-0.1, -0.05) is 30.3 Å². The molecule has 0 atom stereocenters. The summed E-state index contributed by atoms with van der Waals surface area (Å²) in [4.78, 5) is 15.7. The van der Waals surface area contributed by atoms with Gasteiger partial charge in [0.05, 0.1) is 13.2 Å². The number of nitrogens with two attached hydrogens (primary N) is 1. The van der Waals surface area contributed by atoms with Crippen LogP contribution in [0.4, 0.5) is 11.8 Å². The predicted octanol–water partition coefficient (Wildman–Crippen LogP) is 2.33. The summed E-state index contributed by atoms with van der Waals surface area (Å²) < 4.78 is 12.7. The van der Waals surface area contributed by atoms with Crippen molar-refractivity contribution in [3.63, 3.8) is 0 Å². The molecular weight excluding hydrogens is 344 g/mol. The van der Waals surface area contributed by atoms with Gasteiger partial charge in [-0.15, -0.1) is 0 Å². The van der Waals surface area contributed by atoms with Crippen LogP contribution in [0.15, 0.2) is 30.3 Å². The van der Waals surface area contributed by atoms with E-state index < -0.39 is 0 Å². The average molecular weight is 370 g/mol. The maximum atomic E-state index is 6.16. The third kappa shape index (κ3) is 4.11. The van der Waals surface area contributed by atoms with Crippen LogP contribution in [-0.4, -0.2) is 52.9 Å². The van der Waals surface area contributed by atoms with Gasteiger partial charge in [0.25, 0.3) is 0 Å². The Balaban J connectivity index is 2.09. The highest BCUT2D eigenvalue weighted by Gasteiger charge is 2.20. The Morgan fingerprint density at radius 2 is 1.78 bits per heavy atom. The molecule has 2 aromatic heterocycles. The van der Waals surface area contributed by atoms with Crippen LogP contribution in [0.25, 0.3) is 11.2 Å². The third-order valence-corrected chi connectivity index (χ3v) is 4.33. The molecule has 0 amide bonds. The zero-order valence-corrected chi connectivity index (χ0v) is 16.1. The molecule has 0 aliphatic heterocycles. The van der Waals surface area contributed by atoms with Crippen LogP contribution in [0.5, 0.6) is 6.01 Å². The summed E-state index contributed by atoms with van der Waals surface area (Å²) in [5.41, 5.74) is 8.58. The molecule has 1 aromatic carbocycles. The van der Waals surface area contributed by atoms with Crippen molar-refractivity contribution in [2.75, 3.05) is 44.0 Å². The highest BCUT2D eigenvalue weighted by Crippen LogP contribution is 2.27. The van der Waals surface area contributed by atoms with Gasteiger partial charge in [0.15, 0.2) is 17.0 Å². The van der Waals surface area contributed by atoms with E-state index in [0.717, 1.165) is 24.6 Å². The number of imidazole rings is 1. The van der Waals surface area contributed by atoms with Gasteiger partial charge >= 0.3 is 6.01 Å². The number of rotatable bonds is 9. The molecule has 0 aliphatic rings. The SMILES string of the molecule is CCN(CC)c1nc2c(N)nc(OCCOC)nc2n1Cc1ccccc1. The molecule has 3 rings (SSSR count). The minimum atomic E-state index is 0.234. The summed E-state index contributed by atoms with van der Waals surface area (Å²) in [6.07, 6.45) is 0. The maximum absolute atomic E-state index is 6.16. The van der Waals surface area contributed by atoms with E-state index in [1.165, 1.54) is 0 Å². The Hall–Kier alpha value is -2.87. The number of ether oxygens (including phenoxy) is 2. The number of benzene rings is 1. The number of anilines is 2. The molecule has 0 aliphatic carbocycles. The van der Waals surface area contributed by atoms with Crippen molar-refractivity contribution >= 4 is 22.9 Å². The molecule has 0 fully saturated rings. The quantitative estimate of drug-likeness (QED) is 0.578. The normalized spacial score (nSPS) is 11.1. The molecule has 0 bridgehead atoms. The summed E-state index contributed by atoms with van der Waals surface area (Å²) in [6.45, 7) is 7.32. The molecule has 2 N–H and O–H groups in total. The van der Waals surface area contributed by atoms with Gasteiger partial charge in [-0.25, -0.2) is 4.98 Å². The van der Waals surface area contributed by atoms with Crippen LogP contribution >= 0.6 is 0 Å². The third-order valence-electron chi connectivity index (χ3n) is 4.33. The fraction of sp³-hybridized carbons (Fsp3) is 0.421. The van der Waals surface area contributed by atoms with Gasteiger partial charge in [0.1, 0.15) is 6.61 Å². The molecule has 3 aromatic rings. The van der Waals surface area contributed by atoms with Crippen molar-refractivity contribution < 1.29 is 9.47 Å². The Kier molecular flexibility index (Phi) is 6.08. The standard InChI is InChI=1S/C19H26N6O2/c1-4-24(5-2)19-21-15-16(20)22-18(27-12-11-26-3)23-17(15)25(19)13-14-9-7-6-8-10-14/h6-10H,4-5,11-13H2,1-3H3,(H2,20,22,23). The van der Waals surface area contributed by atoms with E-state index in [1.54, 1.807) is 7.11 Å². The Morgan fingerprint density at radius 3 is 2.44 bits per heavy atom. The molecular formula is C19H26N6O2. The van der Waals surface area contributed by atoms with Gasteiger partial charge in [0.2, 0.25) is 5.95 Å². The maximum Gasteiger partial charge on any atom is 0.320 e. The Morgan fingerprint density at radius 1 is 1.04 bits per heavy atom. The first-order valence-electron chi connectivity index (χ1n) is 9.12. The lowest BCUT2D eigenvalue weighted by Gasteiger charge is -2.21. The number of fused-ring (bicyclic) bond motifs is 1. The monoisotopic (exact) mass is 370 g/mol. The van der Waals surface area contributed by atoms with Crippen LogP contribution in [0, 0.1) is 0 Å². The highest BCUT2D eigenvalue weighted by molar-refractivity contribution is 5.84. The van der Waals surface area contributed by atoms with E-state index in [2.05, 4.69) is 45.4 Å². The van der Waals surface area contributed by atoms with Crippen molar-refractivity contribution in [2.24, 2.45) is 0 Å². The second kappa shape index (κ2) is 8.68. The van der Waals surface area contributed by atoms with Crippen molar-refractivity contribution in [1.82, 2.24) is 19.5 Å². The van der Waals surface area contributed by atoms with Crippen LogP contribution < -0.4 is 15.4 Å². The predicted molar refractivity (Wildman–Crippen MR) is 106 cm³/mol. The average Bonchev–Trinajstić information content (AvgIpc) is 3.03. The summed E-state index contributed by atoms with van der Waals surface area (Å²) in [6, 6.07) is 10.4. The molecule has 0 unspecified atom stereocenters. The van der Waals surface area contributed by atoms with Crippen LogP contribution in [0.1, 0.15) is 19.4 Å². The van der Waals surface area contributed by atoms with Crippen LogP contribution in [0.2, 0.25) is 0 Å². The molecule has 0 saturated heterocycles. The van der Waals surface area contributed by atoms with Crippen LogP contribution in [-0.2, 0) is 11.3 Å². The molecule has 8 heteroatoms. The van der Waals surface area contributed by atoms with Crippen LogP contribution in [0.3, 0.4) is 0 Å². The van der Waals surface area contributed by atoms with E-state index in [-0.39, 0.29) is 6.01 Å². The second-order valence-corrected chi connectivity index (χ2v) is 6.06. The van der Waals surface area contributed by atoms with Crippen molar-refractivity contribution in [2.45, 2.75) is 20.4 Å². The lowest BCUT2D eigenvalue weighted by molar-refractivity contribution is 0.141. The first-order valence-corrected chi connectivity index (χ1v) is 9.12. The summed E-state index contributed by atoms with van der Waals surface area (Å²) >= 11 is 0. The Labute approximate surface area is 158 Å². The van der Waals surface area contributed by atoms with Gasteiger partial charge in [-0.2, -0.15) is 9.97 Å². The van der Waals surface area contributed by atoms with Crippen molar-refractivity contribution in [1.29, 1.82) is 0 Å². The molecule has 8 nitrogen and oxygen atoms in total. The number of aromatic nitrogens is 4. The Bertz CT molecular complexity index is 877. The molecule has 27 heavy (non-hydrogen) atoms. The van der Waals surface area contributed by atoms with Gasteiger partial charge in [-0.3, -0.25) is 4.57 Å². The second-order valence-electron chi connectivity index (χ2n) is 6.06. The topological polar surface area (TPSA) is 91.3 Å². The smallest absolute Gasteiger partial charge is 0.320 e. The molecule has 144 valence electrons. The van der Waals surface area contributed by atoms with E-state index in [4.69, 9.17) is 20.2 Å². The number of hydrogen-bond donors (Lipinski definition) is 1. The largest absolute Gasteiger partial charge is 0.461 e. The molecule has 0 saturated carbocycles. The fourth-order valence-corrected chi connectivity index (χ4v) is 2.93. The number of methoxy groups -OCH3 is 1. The molecule has 0 radical (unpaired) electrons. The highest BCUT2D eigenvalue weighted by atomic mass is 16.5. The lowest BCUT2D eigenvalue weighted by Crippen LogP contribution is -2.25. The number of nitrogen functional groups attached to an aromatic ring is 1. The first-order chi connectivity index (χ1) is 13.2. The van der Waals surface area contributed by atoms with E-state index in [0.29, 0.717) is 36.7 Å². The van der Waals surface area contributed by atoms with E-state index in [9.17, 15) is 0 Å². The number of nitrogens with zero attached hydrogens (tertiary/aromatic N) is 5. The van der Waals surface area contributed by atoms with Crippen molar-refractivity contribution in [3.8, 4) is 6.01 Å². The summed E-state index contributed by atoms with van der Waals surface area (Å²) in [5, 5.41) is 0. The van der Waals surface area contributed by atoms with Gasteiger partial charge in [-0.05, 0) is 19.4 Å². The van der Waals surface area contributed by atoms with E-state index >= 15 is 0 Å². The fourth-order valence-electron chi connectivity index (χ4n) is 2.93. The summed E-state index contributed by atoms with van der Waals surface area (Å²) in [5.74, 6) is 1.14. The molecule has 0 spiro atoms. The summed E-state index contributed by atoms with van der Waals surface area (Å²) in [7, 11) is 1.62. The zero-order chi connectivity index (χ0) is 19.2. The molecule has 2 heterocycles. The van der Waals surface area contributed by atoms with E-state index in [1.807, 2.05) is 18.2 Å². The first kappa shape index (κ1) is 18.9. The minimum Gasteiger partial charge on any atom is -0.461 e. The zero-order valence-electron chi connectivity index (χ0n) is 16.1. The number of hydrogen-bond acceptors (Lipinski definition) is 7. The van der Waals surface area contributed by atoms with Gasteiger partial charge in [0, 0.05) is 20.2 Å². The van der Waals surface area contributed by atoms with Gasteiger partial charge < -0.3 is 20.1 Å². The van der Waals surface area contributed by atoms with Crippen molar-refractivity contribution in [3.05, 3.63) is 35.9 Å². The minimum absolute atomic E-state index is 0.234.